The van der Waals surface area contributed by atoms with Crippen LogP contribution in [0.15, 0.2) is 36.7 Å². The number of anilines is 1. The first-order chi connectivity index (χ1) is 16.1. The van der Waals surface area contributed by atoms with Gasteiger partial charge < -0.3 is 9.72 Å². The van der Waals surface area contributed by atoms with E-state index in [1.165, 1.54) is 0 Å². The summed E-state index contributed by atoms with van der Waals surface area (Å²) in [6.45, 7) is 5.29. The lowest BCUT2D eigenvalue weighted by molar-refractivity contribution is -0.119. The van der Waals surface area contributed by atoms with Crippen molar-refractivity contribution in [3.63, 3.8) is 0 Å². The molecule has 2 aromatic heterocycles. The summed E-state index contributed by atoms with van der Waals surface area (Å²) in [6, 6.07) is 7.86. The van der Waals surface area contributed by atoms with E-state index in [2.05, 4.69) is 21.8 Å². The van der Waals surface area contributed by atoms with Gasteiger partial charge in [-0.1, -0.05) is 12.1 Å². The van der Waals surface area contributed by atoms with Gasteiger partial charge in [0.15, 0.2) is 0 Å². The minimum atomic E-state index is 0.116. The molecule has 1 N–H and O–H groups in total. The number of carbonyl (C=O) groups excluding carboxylic acids is 1. The van der Waals surface area contributed by atoms with Crippen molar-refractivity contribution in [1.29, 1.82) is 0 Å². The molecule has 4 heterocycles. The Kier molecular flexibility index (Phi) is 6.09. The number of imidazole rings is 1. The summed E-state index contributed by atoms with van der Waals surface area (Å²) in [4.78, 5) is 34.7. The lowest BCUT2D eigenvalue weighted by Gasteiger charge is -2.33. The average molecular weight is 447 g/mol. The number of rotatable bonds is 6. The normalized spacial score (nSPS) is 18.9. The summed E-state index contributed by atoms with van der Waals surface area (Å²) in [5, 5.41) is 0. The van der Waals surface area contributed by atoms with Crippen molar-refractivity contribution >= 4 is 11.7 Å². The van der Waals surface area contributed by atoms with Gasteiger partial charge in [-0.3, -0.25) is 14.6 Å². The second-order valence-corrected chi connectivity index (χ2v) is 8.91. The number of aromatic nitrogens is 4. The minimum absolute atomic E-state index is 0.116. The van der Waals surface area contributed by atoms with E-state index < -0.39 is 0 Å². The van der Waals surface area contributed by atoms with Gasteiger partial charge in [-0.25, -0.2) is 15.0 Å². The largest absolute Gasteiger partial charge is 0.497 e. The fraction of sp³-hybridized carbons (Fsp3) is 0.440. The molecule has 2 aliphatic heterocycles. The molecular weight excluding hydrogens is 416 g/mol. The number of amides is 1. The highest BCUT2D eigenvalue weighted by atomic mass is 16.5. The fourth-order valence-corrected chi connectivity index (χ4v) is 4.87. The zero-order valence-corrected chi connectivity index (χ0v) is 19.3. The van der Waals surface area contributed by atoms with Gasteiger partial charge in [-0.2, -0.15) is 0 Å². The second kappa shape index (κ2) is 9.31. The zero-order chi connectivity index (χ0) is 22.8. The van der Waals surface area contributed by atoms with Crippen LogP contribution in [0.4, 0.5) is 5.82 Å². The van der Waals surface area contributed by atoms with Crippen molar-refractivity contribution in [2.24, 2.45) is 0 Å². The first-order valence-electron chi connectivity index (χ1n) is 11.6. The van der Waals surface area contributed by atoms with Gasteiger partial charge in [0.25, 0.3) is 0 Å². The maximum Gasteiger partial charge on any atom is 0.228 e. The molecule has 1 unspecified atom stereocenters. The zero-order valence-electron chi connectivity index (χ0n) is 19.3. The lowest BCUT2D eigenvalue weighted by Crippen LogP contribution is -2.38. The van der Waals surface area contributed by atoms with E-state index in [1.807, 2.05) is 35.4 Å². The minimum Gasteiger partial charge on any atom is -0.497 e. The molecule has 0 bridgehead atoms. The van der Waals surface area contributed by atoms with Gasteiger partial charge in [-0.05, 0) is 50.4 Å². The number of hydrogen-bond acceptors (Lipinski definition) is 6. The third-order valence-corrected chi connectivity index (χ3v) is 6.65. The number of nitrogens with one attached hydrogen (secondary N) is 1. The van der Waals surface area contributed by atoms with Crippen LogP contribution >= 0.6 is 0 Å². The molecule has 8 nitrogen and oxygen atoms in total. The van der Waals surface area contributed by atoms with Crippen molar-refractivity contribution in [1.82, 2.24) is 24.8 Å². The number of benzene rings is 1. The molecule has 33 heavy (non-hydrogen) atoms. The van der Waals surface area contributed by atoms with Crippen molar-refractivity contribution < 1.29 is 9.53 Å². The predicted octanol–water partition coefficient (Wildman–Crippen LogP) is 3.38. The molecule has 1 atom stereocenters. The first kappa shape index (κ1) is 21.6. The number of likely N-dealkylation sites (tertiary alicyclic amines) is 1. The lowest BCUT2D eigenvalue weighted by atomic mass is 9.96. The standard InChI is InChI=1S/C25H30N6O2/c1-17-21-9-10-23(32)31(14-18-5-7-20(33-2)8-6-18)25(21)29-24(28-17)19-4-3-13-30(15-19)16-22-26-11-12-27-22/h5-8,11-12,19H,3-4,9-10,13-16H2,1-2H3,(H,26,27). The Hall–Kier alpha value is -3.26. The van der Waals surface area contributed by atoms with Gasteiger partial charge >= 0.3 is 0 Å². The third kappa shape index (κ3) is 4.61. The number of aromatic amines is 1. The summed E-state index contributed by atoms with van der Waals surface area (Å²) >= 11 is 0. The molecule has 172 valence electrons. The van der Waals surface area contributed by atoms with Gasteiger partial charge in [0.1, 0.15) is 23.2 Å². The summed E-state index contributed by atoms with van der Waals surface area (Å²) < 4.78 is 5.27. The summed E-state index contributed by atoms with van der Waals surface area (Å²) in [7, 11) is 1.65. The molecule has 1 fully saturated rings. The molecule has 1 amide bonds. The van der Waals surface area contributed by atoms with Crippen molar-refractivity contribution in [2.45, 2.75) is 51.6 Å². The average Bonchev–Trinajstić information content (AvgIpc) is 3.34. The molecule has 8 heteroatoms. The van der Waals surface area contributed by atoms with Gasteiger partial charge in [-0.15, -0.1) is 0 Å². The van der Waals surface area contributed by atoms with Crippen LogP contribution in [0.2, 0.25) is 0 Å². The molecule has 2 aliphatic rings. The van der Waals surface area contributed by atoms with Crippen molar-refractivity contribution in [2.75, 3.05) is 25.1 Å². The van der Waals surface area contributed by atoms with Gasteiger partial charge in [0.05, 0.1) is 20.2 Å². The Balaban J connectivity index is 1.40. The number of ether oxygens (including phenoxy) is 1. The monoisotopic (exact) mass is 446 g/mol. The number of nitrogens with zero attached hydrogens (tertiary/aromatic N) is 5. The molecule has 1 aromatic carbocycles. The Morgan fingerprint density at radius 3 is 2.76 bits per heavy atom. The van der Waals surface area contributed by atoms with Crippen LogP contribution in [0, 0.1) is 6.92 Å². The molecule has 1 saturated heterocycles. The quantitative estimate of drug-likeness (QED) is 0.625. The fourth-order valence-electron chi connectivity index (χ4n) is 4.87. The maximum absolute atomic E-state index is 12.9. The highest BCUT2D eigenvalue weighted by molar-refractivity contribution is 5.95. The van der Waals surface area contributed by atoms with E-state index in [0.29, 0.717) is 19.4 Å². The Morgan fingerprint density at radius 2 is 2.00 bits per heavy atom. The topological polar surface area (TPSA) is 87.2 Å². The Labute approximate surface area is 194 Å². The van der Waals surface area contributed by atoms with Crippen molar-refractivity contribution in [3.8, 4) is 5.75 Å². The van der Waals surface area contributed by atoms with E-state index >= 15 is 0 Å². The first-order valence-corrected chi connectivity index (χ1v) is 11.6. The Morgan fingerprint density at radius 1 is 1.15 bits per heavy atom. The number of hydrogen-bond donors (Lipinski definition) is 1. The molecule has 0 saturated carbocycles. The highest BCUT2D eigenvalue weighted by Crippen LogP contribution is 2.33. The van der Waals surface area contributed by atoms with E-state index in [-0.39, 0.29) is 11.8 Å². The molecule has 0 aliphatic carbocycles. The number of H-pyrrole nitrogens is 1. The number of carbonyl (C=O) groups is 1. The smallest absolute Gasteiger partial charge is 0.228 e. The molecule has 3 aromatic rings. The maximum atomic E-state index is 12.9. The summed E-state index contributed by atoms with van der Waals surface area (Å²) in [5.41, 5.74) is 3.14. The molecule has 0 radical (unpaired) electrons. The number of aryl methyl sites for hydroxylation is 1. The second-order valence-electron chi connectivity index (χ2n) is 8.91. The molecule has 0 spiro atoms. The van der Waals surface area contributed by atoms with Gasteiger partial charge in [0.2, 0.25) is 5.91 Å². The summed E-state index contributed by atoms with van der Waals surface area (Å²) in [6.07, 6.45) is 7.00. The van der Waals surface area contributed by atoms with Crippen molar-refractivity contribution in [3.05, 3.63) is 65.1 Å². The van der Waals surface area contributed by atoms with Crippen LogP contribution in [0.25, 0.3) is 0 Å². The molecule has 5 rings (SSSR count). The van der Waals surface area contributed by atoms with Crippen LogP contribution in [-0.4, -0.2) is 50.9 Å². The third-order valence-electron chi connectivity index (χ3n) is 6.65. The van der Waals surface area contributed by atoms with Crippen LogP contribution in [0.5, 0.6) is 5.75 Å². The van der Waals surface area contributed by atoms with Crippen LogP contribution in [0.1, 0.15) is 53.7 Å². The van der Waals surface area contributed by atoms with E-state index in [1.54, 1.807) is 13.3 Å². The van der Waals surface area contributed by atoms with E-state index in [9.17, 15) is 4.79 Å². The van der Waals surface area contributed by atoms with Crippen LogP contribution in [-0.2, 0) is 24.3 Å². The number of piperidine rings is 1. The SMILES string of the molecule is COc1ccc(CN2C(=O)CCc3c(C)nc(C4CCCN(Cc5ncc[nH]5)C4)nc32)cc1. The molecular formula is C25H30N6O2. The predicted molar refractivity (Wildman–Crippen MR) is 125 cm³/mol. The summed E-state index contributed by atoms with van der Waals surface area (Å²) in [5.74, 6) is 3.79. The number of fused-ring (bicyclic) bond motifs is 1. The van der Waals surface area contributed by atoms with Crippen LogP contribution in [0.3, 0.4) is 0 Å². The number of methoxy groups -OCH3 is 1. The van der Waals surface area contributed by atoms with E-state index in [0.717, 1.165) is 72.5 Å². The van der Waals surface area contributed by atoms with Gasteiger partial charge in [0, 0.05) is 42.5 Å². The van der Waals surface area contributed by atoms with Crippen LogP contribution < -0.4 is 9.64 Å². The van der Waals surface area contributed by atoms with E-state index in [4.69, 9.17) is 14.7 Å². The Bertz CT molecular complexity index is 1110. The highest BCUT2D eigenvalue weighted by Gasteiger charge is 2.31.